The van der Waals surface area contributed by atoms with Gasteiger partial charge in [0.05, 0.1) is 11.6 Å². The lowest BCUT2D eigenvalue weighted by Gasteiger charge is -2.49. The zero-order chi connectivity index (χ0) is 26.3. The Balaban J connectivity index is 1.30. The van der Waals surface area contributed by atoms with Crippen LogP contribution < -0.4 is 16.8 Å². The largest absolute Gasteiger partial charge is 0.477 e. The van der Waals surface area contributed by atoms with Crippen molar-refractivity contribution in [2.24, 2.45) is 5.18 Å². The van der Waals surface area contributed by atoms with Gasteiger partial charge in [0.25, 0.3) is 11.8 Å². The molecule has 5 heterocycles. The van der Waals surface area contributed by atoms with E-state index in [2.05, 4.69) is 40.0 Å². The van der Waals surface area contributed by atoms with Crippen LogP contribution in [0, 0.1) is 4.91 Å². The number of rotatable bonds is 8. The van der Waals surface area contributed by atoms with E-state index in [4.69, 9.17) is 11.5 Å². The number of allylic oxidation sites excluding steroid dienone is 1. The molecule has 37 heavy (non-hydrogen) atoms. The van der Waals surface area contributed by atoms with E-state index < -0.39 is 35.2 Å². The molecule has 7 N–H and O–H groups in total. The molecular formula is C18H15N11O5S3. The zero-order valence-electron chi connectivity index (χ0n) is 18.3. The number of fused-ring (bicyclic) bond motifs is 2. The lowest BCUT2D eigenvalue weighted by molar-refractivity contribution is -0.150. The van der Waals surface area contributed by atoms with Gasteiger partial charge in [-0.1, -0.05) is 11.8 Å². The van der Waals surface area contributed by atoms with Crippen LogP contribution in [0.5, 0.6) is 0 Å². The highest BCUT2D eigenvalue weighted by atomic mass is 32.2. The number of hydrogen-bond acceptors (Lipinski definition) is 15. The van der Waals surface area contributed by atoms with Crippen molar-refractivity contribution in [1.29, 1.82) is 0 Å². The zero-order valence-corrected chi connectivity index (χ0v) is 20.7. The van der Waals surface area contributed by atoms with Crippen LogP contribution in [-0.2, 0) is 14.4 Å². The summed E-state index contributed by atoms with van der Waals surface area (Å²) in [5, 5.41) is 23.4. The summed E-state index contributed by atoms with van der Waals surface area (Å²) in [5.74, 6) is -2.52. The fourth-order valence-electron chi connectivity index (χ4n) is 3.64. The number of aliphatic carboxylic acids is 1. The molecule has 3 atom stereocenters. The second-order valence-electron chi connectivity index (χ2n) is 7.52. The number of nitrogens with zero attached hydrogens (tertiary/aromatic N) is 7. The summed E-state index contributed by atoms with van der Waals surface area (Å²) >= 11 is 3.15. The first kappa shape index (κ1) is 24.6. The Morgan fingerprint density at radius 1 is 1.35 bits per heavy atom. The minimum Gasteiger partial charge on any atom is -0.477 e. The molecule has 0 saturated carbocycles. The monoisotopic (exact) mass is 561 g/mol. The average molecular weight is 562 g/mol. The molecule has 16 nitrogen and oxygen atoms in total. The van der Waals surface area contributed by atoms with E-state index in [1.54, 1.807) is 11.5 Å². The number of carbonyl (C=O) groups is 3. The number of carboxylic acids is 1. The first-order valence-corrected chi connectivity index (χ1v) is 12.9. The molecule has 2 aliphatic heterocycles. The molecule has 190 valence electrons. The number of thioether (sulfide) groups is 2. The number of carboxylic acid groups (broad SMARTS) is 1. The Kier molecular flexibility index (Phi) is 6.48. The minimum absolute atomic E-state index is 0.0528. The summed E-state index contributed by atoms with van der Waals surface area (Å²) in [4.78, 5) is 62.0. The molecule has 1 saturated heterocycles. The third-order valence-electron chi connectivity index (χ3n) is 5.32. The van der Waals surface area contributed by atoms with Crippen molar-refractivity contribution in [3.63, 3.8) is 0 Å². The normalized spacial score (nSPS) is 20.1. The van der Waals surface area contributed by atoms with Crippen LogP contribution >= 0.6 is 35.1 Å². The number of amides is 2. The summed E-state index contributed by atoms with van der Waals surface area (Å²) in [6, 6.07) is -2.64. The van der Waals surface area contributed by atoms with Crippen LogP contribution in [0.15, 0.2) is 39.3 Å². The van der Waals surface area contributed by atoms with Gasteiger partial charge < -0.3 is 21.9 Å². The molecule has 1 fully saturated rings. The standard InChI is InChI=1S/C18H15N11O5S3/c19-10-6-3-21-26-11(6)25-18(23-10)35-2-1-5-4-36-15-8(14(31)29(15)9(5)16(32)33)22-13(30)7(27-34)12-24-17(20)37-28-12/h1-3,7-8,15H,4H2,(H,22,30)(H,32,33)(H2,20,24,28)(H3,19,21,23,25,26). The van der Waals surface area contributed by atoms with Crippen LogP contribution in [0.1, 0.15) is 11.9 Å². The number of nitrogens with one attached hydrogen (secondary N) is 2. The van der Waals surface area contributed by atoms with Gasteiger partial charge in [0.15, 0.2) is 21.8 Å². The summed E-state index contributed by atoms with van der Waals surface area (Å²) in [6.45, 7) is 0. The fraction of sp³-hybridized carbons (Fsp3) is 0.222. The number of nitrogen functional groups attached to an aromatic ring is 2. The second kappa shape index (κ2) is 9.75. The van der Waals surface area contributed by atoms with Gasteiger partial charge in [-0.05, 0) is 22.2 Å². The van der Waals surface area contributed by atoms with Gasteiger partial charge in [0.1, 0.15) is 22.9 Å². The number of anilines is 2. The first-order chi connectivity index (χ1) is 17.8. The molecule has 3 aromatic rings. The Labute approximate surface area is 218 Å². The maximum atomic E-state index is 12.8. The number of aromatic amines is 1. The van der Waals surface area contributed by atoms with E-state index >= 15 is 0 Å². The third-order valence-corrected chi connectivity index (χ3v) is 7.84. The molecular weight excluding hydrogens is 546 g/mol. The van der Waals surface area contributed by atoms with Gasteiger partial charge in [0.2, 0.25) is 6.04 Å². The van der Waals surface area contributed by atoms with Gasteiger partial charge in [-0.25, -0.2) is 19.7 Å². The Morgan fingerprint density at radius 3 is 2.86 bits per heavy atom. The lowest BCUT2D eigenvalue weighted by Crippen LogP contribution is -2.70. The van der Waals surface area contributed by atoms with Crippen molar-refractivity contribution in [1.82, 2.24) is 39.7 Å². The predicted octanol–water partition coefficient (Wildman–Crippen LogP) is 0.221. The molecule has 0 radical (unpaired) electrons. The highest BCUT2D eigenvalue weighted by Crippen LogP contribution is 2.41. The van der Waals surface area contributed by atoms with Crippen molar-refractivity contribution in [2.45, 2.75) is 22.6 Å². The lowest BCUT2D eigenvalue weighted by atomic mass is 10.0. The molecule has 5 rings (SSSR count). The van der Waals surface area contributed by atoms with Crippen LogP contribution in [-0.4, -0.2) is 74.5 Å². The number of H-pyrrole nitrogens is 1. The van der Waals surface area contributed by atoms with E-state index in [9.17, 15) is 24.4 Å². The summed E-state index contributed by atoms with van der Waals surface area (Å²) in [6.07, 6.45) is 3.06. The fourth-order valence-corrected chi connectivity index (χ4v) is 6.07. The smallest absolute Gasteiger partial charge is 0.352 e. The number of nitroso groups, excluding NO2 is 1. The van der Waals surface area contributed by atoms with E-state index in [0.717, 1.165) is 28.2 Å². The summed E-state index contributed by atoms with van der Waals surface area (Å²) < 4.78 is 3.81. The number of carbonyl (C=O) groups excluding carboxylic acids is 2. The Morgan fingerprint density at radius 2 is 2.16 bits per heavy atom. The van der Waals surface area contributed by atoms with Crippen LogP contribution in [0.2, 0.25) is 0 Å². The molecule has 0 aliphatic carbocycles. The van der Waals surface area contributed by atoms with Gasteiger partial charge in [-0.2, -0.15) is 9.47 Å². The van der Waals surface area contributed by atoms with Crippen molar-refractivity contribution in [3.8, 4) is 0 Å². The molecule has 0 spiro atoms. The highest BCUT2D eigenvalue weighted by Gasteiger charge is 2.54. The van der Waals surface area contributed by atoms with Gasteiger partial charge in [0, 0.05) is 17.3 Å². The van der Waals surface area contributed by atoms with Crippen molar-refractivity contribution in [3.05, 3.63) is 39.7 Å². The quantitative estimate of drug-likeness (QED) is 0.107. The topological polar surface area (TPSA) is 248 Å². The summed E-state index contributed by atoms with van der Waals surface area (Å²) in [7, 11) is 0. The molecule has 2 aliphatic rings. The van der Waals surface area contributed by atoms with Gasteiger partial charge in [-0.3, -0.25) is 19.6 Å². The summed E-state index contributed by atoms with van der Waals surface area (Å²) in [5.41, 5.74) is 12.0. The van der Waals surface area contributed by atoms with Crippen LogP contribution in [0.3, 0.4) is 0 Å². The highest BCUT2D eigenvalue weighted by molar-refractivity contribution is 8.02. The van der Waals surface area contributed by atoms with Crippen LogP contribution in [0.4, 0.5) is 10.9 Å². The maximum absolute atomic E-state index is 12.8. The SMILES string of the molecule is Nc1nc(C(N=O)C(=O)NC2C(=O)N3C(C(=O)O)=C(C=CSc4nc(N)c5cn[nH]c5n4)CSC23)ns1. The van der Waals surface area contributed by atoms with Crippen LogP contribution in [0.25, 0.3) is 11.0 Å². The second-order valence-corrected chi connectivity index (χ2v) is 10.3. The first-order valence-electron chi connectivity index (χ1n) is 10.2. The molecule has 2 amide bonds. The maximum Gasteiger partial charge on any atom is 0.352 e. The number of β-lactam (4-membered cyclic amide) rings is 1. The van der Waals surface area contributed by atoms with Crippen molar-refractivity contribution >= 4 is 74.8 Å². The van der Waals surface area contributed by atoms with Crippen molar-refractivity contribution in [2.75, 3.05) is 17.2 Å². The molecule has 3 unspecified atom stereocenters. The number of aromatic nitrogens is 6. The van der Waals surface area contributed by atoms with E-state index in [1.165, 1.54) is 18.0 Å². The van der Waals surface area contributed by atoms with E-state index in [-0.39, 0.29) is 28.2 Å². The molecule has 19 heteroatoms. The van der Waals surface area contributed by atoms with E-state index in [1.807, 2.05) is 0 Å². The van der Waals surface area contributed by atoms with Gasteiger partial charge >= 0.3 is 5.97 Å². The average Bonchev–Trinajstić information content (AvgIpc) is 3.52. The Bertz CT molecular complexity index is 1500. The minimum atomic E-state index is -1.59. The number of nitrogens with two attached hydrogens (primary N) is 2. The van der Waals surface area contributed by atoms with Crippen molar-refractivity contribution < 1.29 is 19.5 Å². The molecule has 3 aromatic heterocycles. The third kappa shape index (κ3) is 4.47. The molecule has 0 bridgehead atoms. The molecule has 0 aromatic carbocycles. The number of hydrogen-bond donors (Lipinski definition) is 5. The Hall–Kier alpha value is -4.10. The van der Waals surface area contributed by atoms with Gasteiger partial charge in [-0.15, -0.1) is 16.7 Å². The van der Waals surface area contributed by atoms with E-state index in [0.29, 0.717) is 21.8 Å². The predicted molar refractivity (Wildman–Crippen MR) is 134 cm³/mol.